The Bertz CT molecular complexity index is 567. The van der Waals surface area contributed by atoms with Crippen LogP contribution in [-0.4, -0.2) is 21.0 Å². The fourth-order valence-corrected chi connectivity index (χ4v) is 3.00. The Kier molecular flexibility index (Phi) is 3.58. The molecule has 0 bridgehead atoms. The van der Waals surface area contributed by atoms with E-state index in [9.17, 15) is 5.11 Å². The van der Waals surface area contributed by atoms with E-state index in [1.807, 2.05) is 41.3 Å². The van der Waals surface area contributed by atoms with E-state index in [4.69, 9.17) is 11.6 Å². The Morgan fingerprint density at radius 3 is 2.79 bits per heavy atom. The lowest BCUT2D eigenvalue weighted by molar-refractivity contribution is 0.0695. The number of rotatable bonds is 2. The minimum atomic E-state index is -0.284. The predicted molar refractivity (Wildman–Crippen MR) is 76.2 cm³/mol. The summed E-state index contributed by atoms with van der Waals surface area (Å²) in [5.41, 5.74) is 1.99. The van der Waals surface area contributed by atoms with Crippen LogP contribution in [0, 0.1) is 0 Å². The first-order valence-corrected chi connectivity index (χ1v) is 7.10. The van der Waals surface area contributed by atoms with Crippen molar-refractivity contribution in [1.29, 1.82) is 0 Å². The summed E-state index contributed by atoms with van der Waals surface area (Å²) >= 11 is 6.20. The molecule has 2 aromatic rings. The molecule has 1 aliphatic carbocycles. The molecule has 1 saturated carbocycles. The van der Waals surface area contributed by atoms with Crippen LogP contribution in [0.5, 0.6) is 0 Å². The second-order valence-electron chi connectivity index (χ2n) is 5.11. The van der Waals surface area contributed by atoms with Gasteiger partial charge in [-0.3, -0.25) is 4.68 Å². The predicted octanol–water partition coefficient (Wildman–Crippen LogP) is 3.68. The number of aromatic nitrogens is 2. The minimum Gasteiger partial charge on any atom is -0.391 e. The lowest BCUT2D eigenvalue weighted by atomic mass is 9.93. The van der Waals surface area contributed by atoms with Crippen molar-refractivity contribution < 1.29 is 5.11 Å². The van der Waals surface area contributed by atoms with Crippen LogP contribution in [-0.2, 0) is 0 Å². The average molecular weight is 277 g/mol. The number of aliphatic hydroxyl groups excluding tert-OH is 1. The van der Waals surface area contributed by atoms with Crippen LogP contribution in [0.15, 0.2) is 36.7 Å². The molecule has 1 fully saturated rings. The van der Waals surface area contributed by atoms with Crippen molar-refractivity contribution in [1.82, 2.24) is 9.78 Å². The highest BCUT2D eigenvalue weighted by atomic mass is 35.5. The molecule has 1 N–H and O–H groups in total. The van der Waals surface area contributed by atoms with Gasteiger partial charge in [0.15, 0.2) is 0 Å². The number of aliphatic hydroxyl groups is 1. The number of halogens is 1. The van der Waals surface area contributed by atoms with Gasteiger partial charge >= 0.3 is 0 Å². The summed E-state index contributed by atoms with van der Waals surface area (Å²) in [5.74, 6) is 0. The van der Waals surface area contributed by atoms with Crippen LogP contribution in [0.25, 0.3) is 11.1 Å². The lowest BCUT2D eigenvalue weighted by Crippen LogP contribution is -2.27. The molecule has 3 rings (SSSR count). The Morgan fingerprint density at radius 1 is 1.21 bits per heavy atom. The molecule has 19 heavy (non-hydrogen) atoms. The number of hydrogen-bond donors (Lipinski definition) is 1. The van der Waals surface area contributed by atoms with Gasteiger partial charge in [-0.2, -0.15) is 5.10 Å². The summed E-state index contributed by atoms with van der Waals surface area (Å²) in [5, 5.41) is 15.2. The first-order valence-electron chi connectivity index (χ1n) is 6.73. The van der Waals surface area contributed by atoms with E-state index in [-0.39, 0.29) is 12.1 Å². The molecule has 1 aromatic carbocycles. The molecule has 3 nitrogen and oxygen atoms in total. The quantitative estimate of drug-likeness (QED) is 0.909. The van der Waals surface area contributed by atoms with Gasteiger partial charge in [-0.1, -0.05) is 42.6 Å². The van der Waals surface area contributed by atoms with Crippen LogP contribution < -0.4 is 0 Å². The normalized spacial score (nSPS) is 23.5. The molecule has 2 atom stereocenters. The Balaban J connectivity index is 1.89. The molecule has 4 heteroatoms. The Hall–Kier alpha value is -1.32. The van der Waals surface area contributed by atoms with Crippen LogP contribution in [0.1, 0.15) is 31.7 Å². The average Bonchev–Trinajstić information content (AvgIpc) is 2.89. The van der Waals surface area contributed by atoms with Crippen molar-refractivity contribution in [3.05, 3.63) is 41.7 Å². The highest BCUT2D eigenvalue weighted by Gasteiger charge is 2.25. The molecule has 1 heterocycles. The van der Waals surface area contributed by atoms with Gasteiger partial charge in [-0.05, 0) is 18.9 Å². The summed E-state index contributed by atoms with van der Waals surface area (Å²) in [6.45, 7) is 0. The monoisotopic (exact) mass is 276 g/mol. The maximum Gasteiger partial charge on any atom is 0.0778 e. The first-order chi connectivity index (χ1) is 9.25. The molecule has 0 amide bonds. The van der Waals surface area contributed by atoms with Crippen molar-refractivity contribution in [2.45, 2.75) is 37.8 Å². The highest BCUT2D eigenvalue weighted by Crippen LogP contribution is 2.31. The van der Waals surface area contributed by atoms with Crippen molar-refractivity contribution in [2.75, 3.05) is 0 Å². The third-order valence-electron chi connectivity index (χ3n) is 3.82. The fourth-order valence-electron chi connectivity index (χ4n) is 2.75. The van der Waals surface area contributed by atoms with E-state index in [2.05, 4.69) is 5.10 Å². The molecule has 0 spiro atoms. The second-order valence-corrected chi connectivity index (χ2v) is 5.52. The minimum absolute atomic E-state index is 0.102. The second kappa shape index (κ2) is 5.35. The summed E-state index contributed by atoms with van der Waals surface area (Å²) in [6.07, 6.45) is 7.65. The van der Waals surface area contributed by atoms with E-state index in [1.54, 1.807) is 0 Å². The third-order valence-corrected chi connectivity index (χ3v) is 4.15. The SMILES string of the molecule is OC1CCCCC1n1cc(-c2ccccc2Cl)cn1. The van der Waals surface area contributed by atoms with Crippen LogP contribution in [0.3, 0.4) is 0 Å². The van der Waals surface area contributed by atoms with Crippen molar-refractivity contribution in [2.24, 2.45) is 0 Å². The van der Waals surface area contributed by atoms with E-state index in [0.717, 1.165) is 41.8 Å². The van der Waals surface area contributed by atoms with Gasteiger partial charge in [0.1, 0.15) is 0 Å². The van der Waals surface area contributed by atoms with E-state index >= 15 is 0 Å². The fraction of sp³-hybridized carbons (Fsp3) is 0.400. The zero-order chi connectivity index (χ0) is 13.2. The molecular formula is C15H17ClN2O. The number of hydrogen-bond acceptors (Lipinski definition) is 2. The van der Waals surface area contributed by atoms with Crippen molar-refractivity contribution in [3.63, 3.8) is 0 Å². The summed E-state index contributed by atoms with van der Waals surface area (Å²) in [7, 11) is 0. The number of benzene rings is 1. The standard InChI is InChI=1S/C15H17ClN2O/c16-13-6-2-1-5-12(13)11-9-17-18(10-11)14-7-3-4-8-15(14)19/h1-2,5-6,9-10,14-15,19H,3-4,7-8H2. The molecule has 0 aliphatic heterocycles. The van der Waals surface area contributed by atoms with Crippen molar-refractivity contribution >= 4 is 11.6 Å². The maximum atomic E-state index is 10.1. The van der Waals surface area contributed by atoms with Gasteiger partial charge in [0, 0.05) is 22.3 Å². The molecule has 0 saturated heterocycles. The van der Waals surface area contributed by atoms with Crippen LogP contribution >= 0.6 is 11.6 Å². The zero-order valence-electron chi connectivity index (χ0n) is 10.7. The smallest absolute Gasteiger partial charge is 0.0778 e. The summed E-state index contributed by atoms with van der Waals surface area (Å²) in [4.78, 5) is 0. The van der Waals surface area contributed by atoms with Gasteiger partial charge < -0.3 is 5.11 Å². The van der Waals surface area contributed by atoms with Gasteiger partial charge in [0.25, 0.3) is 0 Å². The molecule has 2 unspecified atom stereocenters. The number of nitrogens with zero attached hydrogens (tertiary/aromatic N) is 2. The lowest BCUT2D eigenvalue weighted by Gasteiger charge is -2.27. The largest absolute Gasteiger partial charge is 0.391 e. The maximum absolute atomic E-state index is 10.1. The topological polar surface area (TPSA) is 38.0 Å². The van der Waals surface area contributed by atoms with Gasteiger partial charge in [0.05, 0.1) is 18.3 Å². The third kappa shape index (κ3) is 2.53. The zero-order valence-corrected chi connectivity index (χ0v) is 11.4. The molecule has 1 aliphatic rings. The summed E-state index contributed by atoms with van der Waals surface area (Å²) in [6, 6.07) is 7.85. The Morgan fingerprint density at radius 2 is 2.00 bits per heavy atom. The molecule has 100 valence electrons. The van der Waals surface area contributed by atoms with E-state index in [1.165, 1.54) is 0 Å². The van der Waals surface area contributed by atoms with Crippen molar-refractivity contribution in [3.8, 4) is 11.1 Å². The van der Waals surface area contributed by atoms with Crippen LogP contribution in [0.4, 0.5) is 0 Å². The Labute approximate surface area is 117 Å². The van der Waals surface area contributed by atoms with Gasteiger partial charge in [-0.25, -0.2) is 0 Å². The molecule has 0 radical (unpaired) electrons. The van der Waals surface area contributed by atoms with Gasteiger partial charge in [0.2, 0.25) is 0 Å². The molecular weight excluding hydrogens is 260 g/mol. The van der Waals surface area contributed by atoms with Crippen LogP contribution in [0.2, 0.25) is 5.02 Å². The summed E-state index contributed by atoms with van der Waals surface area (Å²) < 4.78 is 1.89. The van der Waals surface area contributed by atoms with Gasteiger partial charge in [-0.15, -0.1) is 0 Å². The van der Waals surface area contributed by atoms with E-state index < -0.39 is 0 Å². The highest BCUT2D eigenvalue weighted by molar-refractivity contribution is 6.33. The first kappa shape index (κ1) is 12.7. The molecule has 1 aromatic heterocycles. The van der Waals surface area contributed by atoms with E-state index in [0.29, 0.717) is 0 Å².